The van der Waals surface area contributed by atoms with E-state index < -0.39 is 0 Å². The fourth-order valence-electron chi connectivity index (χ4n) is 4.25. The number of ketones is 1. The van der Waals surface area contributed by atoms with Gasteiger partial charge in [0, 0.05) is 18.0 Å². The molecule has 0 saturated carbocycles. The van der Waals surface area contributed by atoms with Crippen LogP contribution in [0.2, 0.25) is 0 Å². The van der Waals surface area contributed by atoms with Gasteiger partial charge in [0.2, 0.25) is 5.95 Å². The lowest BCUT2D eigenvalue weighted by Crippen LogP contribution is -2.38. The van der Waals surface area contributed by atoms with E-state index in [1.165, 1.54) is 6.33 Å². The highest BCUT2D eigenvalue weighted by molar-refractivity contribution is 5.88. The van der Waals surface area contributed by atoms with Crippen LogP contribution in [0.3, 0.4) is 0 Å². The fourth-order valence-corrected chi connectivity index (χ4v) is 4.25. The predicted molar refractivity (Wildman–Crippen MR) is 115 cm³/mol. The number of hydrogen-bond donors (Lipinski definition) is 1. The van der Waals surface area contributed by atoms with Crippen LogP contribution in [0.15, 0.2) is 78.8 Å². The van der Waals surface area contributed by atoms with Crippen LogP contribution >= 0.6 is 0 Å². The number of fused-ring (bicyclic) bond motifs is 2. The van der Waals surface area contributed by atoms with Crippen LogP contribution in [-0.2, 0) is 4.79 Å². The molecule has 30 heavy (non-hydrogen) atoms. The number of methoxy groups -OCH3 is 1. The third kappa shape index (κ3) is 3.30. The lowest BCUT2D eigenvalue weighted by molar-refractivity contribution is -0.123. The van der Waals surface area contributed by atoms with Crippen LogP contribution in [-0.4, -0.2) is 27.7 Å². The van der Waals surface area contributed by atoms with Gasteiger partial charge in [-0.15, -0.1) is 0 Å². The third-order valence-electron chi connectivity index (χ3n) is 5.77. The average molecular weight is 398 g/mol. The molecule has 0 amide bonds. The molecular weight excluding hydrogens is 376 g/mol. The summed E-state index contributed by atoms with van der Waals surface area (Å²) in [6, 6.07) is 17.8. The lowest BCUT2D eigenvalue weighted by Gasteiger charge is -2.36. The molecule has 3 aromatic rings. The molecule has 1 aliphatic carbocycles. The molecule has 150 valence electrons. The molecular formula is C24H22N4O2. The summed E-state index contributed by atoms with van der Waals surface area (Å²) in [6.45, 7) is 0. The van der Waals surface area contributed by atoms with Crippen molar-refractivity contribution in [1.82, 2.24) is 14.8 Å². The number of aromatic nitrogens is 3. The number of nitrogens with one attached hydrogen (secondary N) is 1. The highest BCUT2D eigenvalue weighted by Gasteiger charge is 2.41. The fraction of sp³-hybridized carbons (Fsp3) is 0.208. The van der Waals surface area contributed by atoms with Crippen molar-refractivity contribution < 1.29 is 9.53 Å². The van der Waals surface area contributed by atoms with E-state index >= 15 is 0 Å². The van der Waals surface area contributed by atoms with Gasteiger partial charge in [-0.2, -0.15) is 10.1 Å². The van der Waals surface area contributed by atoms with E-state index in [0.717, 1.165) is 22.6 Å². The van der Waals surface area contributed by atoms with E-state index in [9.17, 15) is 4.79 Å². The van der Waals surface area contributed by atoms with E-state index in [1.807, 2.05) is 60.7 Å². The molecule has 0 spiro atoms. The summed E-state index contributed by atoms with van der Waals surface area (Å²) >= 11 is 0. The van der Waals surface area contributed by atoms with E-state index in [2.05, 4.69) is 27.6 Å². The number of carbonyl (C=O) groups is 1. The molecule has 3 atom stereocenters. The Kier molecular flexibility index (Phi) is 4.67. The van der Waals surface area contributed by atoms with Crippen molar-refractivity contribution in [2.75, 3.05) is 12.4 Å². The minimum Gasteiger partial charge on any atom is -0.497 e. The first-order chi connectivity index (χ1) is 14.7. The van der Waals surface area contributed by atoms with E-state index in [-0.39, 0.29) is 23.7 Å². The Morgan fingerprint density at radius 2 is 1.93 bits per heavy atom. The van der Waals surface area contributed by atoms with Crippen LogP contribution in [0, 0.1) is 5.92 Å². The second-order valence-electron chi connectivity index (χ2n) is 7.56. The highest BCUT2D eigenvalue weighted by atomic mass is 16.5. The van der Waals surface area contributed by atoms with Crippen molar-refractivity contribution >= 4 is 17.8 Å². The van der Waals surface area contributed by atoms with E-state index in [1.54, 1.807) is 11.8 Å². The minimum absolute atomic E-state index is 0.0235. The van der Waals surface area contributed by atoms with Gasteiger partial charge in [-0.05, 0) is 23.3 Å². The van der Waals surface area contributed by atoms with Crippen molar-refractivity contribution in [2.24, 2.45) is 5.92 Å². The molecule has 0 saturated heterocycles. The van der Waals surface area contributed by atoms with Gasteiger partial charge >= 0.3 is 0 Å². The van der Waals surface area contributed by atoms with Crippen LogP contribution in [0.1, 0.15) is 29.5 Å². The maximum absolute atomic E-state index is 13.3. The Balaban J connectivity index is 1.50. The Morgan fingerprint density at radius 1 is 1.13 bits per heavy atom. The number of allylic oxidation sites excluding steroid dienone is 3. The lowest BCUT2D eigenvalue weighted by atomic mass is 9.77. The molecule has 0 bridgehead atoms. The molecule has 2 heterocycles. The molecule has 1 aliphatic heterocycles. The number of nitrogens with zero attached hydrogens (tertiary/aromatic N) is 3. The summed E-state index contributed by atoms with van der Waals surface area (Å²) in [4.78, 5) is 17.6. The van der Waals surface area contributed by atoms with Gasteiger partial charge in [-0.3, -0.25) is 4.79 Å². The third-order valence-corrected chi connectivity index (χ3v) is 5.77. The molecule has 6 heteroatoms. The van der Waals surface area contributed by atoms with Gasteiger partial charge in [-0.1, -0.05) is 60.7 Å². The molecule has 0 radical (unpaired) electrons. The number of ether oxygens (including phenoxy) is 1. The van der Waals surface area contributed by atoms with Gasteiger partial charge in [0.05, 0.1) is 19.1 Å². The number of carbonyl (C=O) groups excluding carboxylic acids is 1. The Labute approximate surface area is 174 Å². The van der Waals surface area contributed by atoms with Crippen LogP contribution in [0.4, 0.5) is 5.95 Å². The van der Waals surface area contributed by atoms with Gasteiger partial charge in [0.1, 0.15) is 17.9 Å². The molecule has 0 fully saturated rings. The van der Waals surface area contributed by atoms with Crippen LogP contribution in [0.5, 0.6) is 5.75 Å². The summed E-state index contributed by atoms with van der Waals surface area (Å²) in [7, 11) is 1.65. The second-order valence-corrected chi connectivity index (χ2v) is 7.56. The maximum atomic E-state index is 13.3. The largest absolute Gasteiger partial charge is 0.497 e. The zero-order valence-corrected chi connectivity index (χ0v) is 16.6. The number of Topliss-reactive ketones (excluding diaryl/α,β-unsaturated/α-hetero) is 1. The van der Waals surface area contributed by atoms with Crippen molar-refractivity contribution in [3.05, 3.63) is 89.9 Å². The van der Waals surface area contributed by atoms with Crippen molar-refractivity contribution in [3.63, 3.8) is 0 Å². The van der Waals surface area contributed by atoms with Gasteiger partial charge in [0.15, 0.2) is 0 Å². The molecule has 2 aromatic carbocycles. The SMILES string of the molecule is COc1ccc([C@@H]2C=C3Nc4ncnn4[C@H](/C=C/c4ccccc4)[C@@H]3C(=O)C2)cc1. The summed E-state index contributed by atoms with van der Waals surface area (Å²) in [5, 5.41) is 7.70. The Bertz CT molecular complexity index is 1120. The van der Waals surface area contributed by atoms with Crippen LogP contribution in [0.25, 0.3) is 6.08 Å². The van der Waals surface area contributed by atoms with Gasteiger partial charge < -0.3 is 10.1 Å². The van der Waals surface area contributed by atoms with E-state index in [4.69, 9.17) is 4.74 Å². The normalized spacial score (nSPS) is 22.8. The Morgan fingerprint density at radius 3 is 2.70 bits per heavy atom. The Hall–Kier alpha value is -3.67. The highest BCUT2D eigenvalue weighted by Crippen LogP contribution is 2.42. The topological polar surface area (TPSA) is 69.0 Å². The first kappa shape index (κ1) is 18.4. The number of hydrogen-bond acceptors (Lipinski definition) is 5. The maximum Gasteiger partial charge on any atom is 0.225 e. The zero-order valence-electron chi connectivity index (χ0n) is 16.6. The van der Waals surface area contributed by atoms with Crippen molar-refractivity contribution in [1.29, 1.82) is 0 Å². The van der Waals surface area contributed by atoms with Crippen molar-refractivity contribution in [2.45, 2.75) is 18.4 Å². The summed E-state index contributed by atoms with van der Waals surface area (Å²) in [5.74, 6) is 1.39. The summed E-state index contributed by atoms with van der Waals surface area (Å²) in [5.41, 5.74) is 3.08. The van der Waals surface area contributed by atoms with E-state index in [0.29, 0.717) is 12.4 Å². The first-order valence-corrected chi connectivity index (χ1v) is 10.0. The monoisotopic (exact) mass is 398 g/mol. The molecule has 5 rings (SSSR count). The predicted octanol–water partition coefficient (Wildman–Crippen LogP) is 4.22. The smallest absolute Gasteiger partial charge is 0.225 e. The molecule has 1 aromatic heterocycles. The summed E-state index contributed by atoms with van der Waals surface area (Å²) in [6.07, 6.45) is 8.24. The van der Waals surface area contributed by atoms with Gasteiger partial charge in [-0.25, -0.2) is 4.68 Å². The van der Waals surface area contributed by atoms with Crippen molar-refractivity contribution in [3.8, 4) is 5.75 Å². The first-order valence-electron chi connectivity index (χ1n) is 10.0. The summed E-state index contributed by atoms with van der Waals surface area (Å²) < 4.78 is 7.05. The minimum atomic E-state index is -0.298. The van der Waals surface area contributed by atoms with Gasteiger partial charge in [0.25, 0.3) is 0 Å². The average Bonchev–Trinajstić information content (AvgIpc) is 3.26. The number of anilines is 1. The quantitative estimate of drug-likeness (QED) is 0.713. The molecule has 1 N–H and O–H groups in total. The number of rotatable bonds is 4. The zero-order chi connectivity index (χ0) is 20.5. The molecule has 0 unspecified atom stereocenters. The number of benzene rings is 2. The molecule has 2 aliphatic rings. The molecule has 6 nitrogen and oxygen atoms in total. The van der Waals surface area contributed by atoms with Crippen LogP contribution < -0.4 is 10.1 Å². The second kappa shape index (κ2) is 7.63. The standard InChI is InChI=1S/C24H22N4O2/c1-30-19-10-8-17(9-11-19)18-13-20-23(22(29)14-18)21(28-24(27-20)25-15-26-28)12-7-16-5-3-2-4-6-16/h2-13,15,18,21,23H,14H2,1H3,(H,25,26,27)/b12-7+/t18-,21-,23-/m1/s1.